The van der Waals surface area contributed by atoms with Crippen molar-refractivity contribution in [3.63, 3.8) is 0 Å². The minimum atomic E-state index is -0.328. The van der Waals surface area contributed by atoms with Gasteiger partial charge < -0.3 is 44.8 Å². The van der Waals surface area contributed by atoms with Crippen LogP contribution >= 0.6 is 0 Å². The summed E-state index contributed by atoms with van der Waals surface area (Å²) in [6.07, 6.45) is 7.88. The Morgan fingerprint density at radius 1 is 0.889 bits per heavy atom. The number of benzene rings is 2. The number of methoxy groups -OCH3 is 1. The molecular weight excluding hydrogens is 688 g/mol. The number of hydrogen-bond acceptors (Lipinski definition) is 8. The van der Waals surface area contributed by atoms with Gasteiger partial charge in [0.1, 0.15) is 11.4 Å². The monoisotopic (exact) mass is 736 g/mol. The first-order chi connectivity index (χ1) is 26.0. The summed E-state index contributed by atoms with van der Waals surface area (Å²) in [6, 6.07) is 14.6. The van der Waals surface area contributed by atoms with Gasteiger partial charge in [-0.2, -0.15) is 0 Å². The largest absolute Gasteiger partial charge is 0.493 e. The van der Waals surface area contributed by atoms with Crippen molar-refractivity contribution < 1.29 is 28.7 Å². The number of fused-ring (bicyclic) bond motifs is 2. The lowest BCUT2D eigenvalue weighted by Crippen LogP contribution is -2.35. The summed E-state index contributed by atoms with van der Waals surface area (Å²) in [5.74, 6) is 0.139. The first-order valence-electron chi connectivity index (χ1n) is 18.3. The van der Waals surface area contributed by atoms with E-state index < -0.39 is 0 Å². The number of hydrogen-bond donors (Lipinski definition) is 4. The molecule has 284 valence electrons. The molecule has 4 N–H and O–H groups in total. The summed E-state index contributed by atoms with van der Waals surface area (Å²) in [6.45, 7) is 6.30. The SMILES string of the molecule is COc1cc2c(cc1OCCCC(=O)Nc1cc(C(=O)Nc3ccc(-c4cc(C(=O)NCCNC(C)C)n(C)c4)cc3)n(C)c1)N=CC1CCCN1C2=O. The molecule has 0 spiro atoms. The topological polar surface area (TPSA) is 160 Å². The third kappa shape index (κ3) is 8.83. The van der Waals surface area contributed by atoms with Crippen molar-refractivity contribution in [2.24, 2.45) is 19.1 Å². The van der Waals surface area contributed by atoms with Gasteiger partial charge in [-0.05, 0) is 55.2 Å². The van der Waals surface area contributed by atoms with Crippen molar-refractivity contribution in [2.75, 3.05) is 44.0 Å². The summed E-state index contributed by atoms with van der Waals surface area (Å²) < 4.78 is 14.9. The second-order valence-electron chi connectivity index (χ2n) is 13.9. The van der Waals surface area contributed by atoms with Crippen LogP contribution in [0.4, 0.5) is 17.1 Å². The molecule has 0 aliphatic carbocycles. The Bertz CT molecular complexity index is 2050. The van der Waals surface area contributed by atoms with E-state index in [-0.39, 0.29) is 42.7 Å². The van der Waals surface area contributed by atoms with Crippen molar-refractivity contribution in [3.05, 3.63) is 77.9 Å². The molecule has 4 amide bonds. The molecule has 4 aromatic rings. The van der Waals surface area contributed by atoms with E-state index in [1.54, 1.807) is 40.6 Å². The summed E-state index contributed by atoms with van der Waals surface area (Å²) in [4.78, 5) is 58.2. The van der Waals surface area contributed by atoms with Crippen LogP contribution in [0.2, 0.25) is 0 Å². The van der Waals surface area contributed by atoms with Crippen LogP contribution in [0.1, 0.15) is 70.9 Å². The molecule has 2 aromatic carbocycles. The van der Waals surface area contributed by atoms with Crippen LogP contribution in [0.15, 0.2) is 65.9 Å². The number of aromatic nitrogens is 2. The number of aliphatic imine (C=N–C) groups is 1. The maximum absolute atomic E-state index is 13.2. The highest BCUT2D eigenvalue weighted by molar-refractivity contribution is 6.05. The van der Waals surface area contributed by atoms with Crippen LogP contribution in [0.5, 0.6) is 11.5 Å². The molecule has 54 heavy (non-hydrogen) atoms. The molecule has 2 aliphatic rings. The highest BCUT2D eigenvalue weighted by atomic mass is 16.5. The Labute approximate surface area is 314 Å². The van der Waals surface area contributed by atoms with Crippen molar-refractivity contribution in [3.8, 4) is 22.6 Å². The molecular formula is C40H48N8O6. The van der Waals surface area contributed by atoms with Gasteiger partial charge in [-0.1, -0.05) is 26.0 Å². The molecule has 4 heterocycles. The van der Waals surface area contributed by atoms with Crippen molar-refractivity contribution in [1.29, 1.82) is 0 Å². The van der Waals surface area contributed by atoms with E-state index in [9.17, 15) is 19.2 Å². The molecule has 1 unspecified atom stereocenters. The second-order valence-corrected chi connectivity index (χ2v) is 13.9. The number of amides is 4. The van der Waals surface area contributed by atoms with Crippen molar-refractivity contribution in [2.45, 2.75) is 51.6 Å². The quantitative estimate of drug-likeness (QED) is 0.123. The van der Waals surface area contributed by atoms with E-state index in [4.69, 9.17) is 9.47 Å². The van der Waals surface area contributed by atoms with Crippen LogP contribution < -0.4 is 30.7 Å². The third-order valence-corrected chi connectivity index (χ3v) is 9.46. The fraction of sp³-hybridized carbons (Fsp3) is 0.375. The molecule has 2 aromatic heterocycles. The van der Waals surface area contributed by atoms with Crippen molar-refractivity contribution >= 4 is 46.9 Å². The number of carbonyl (C=O) groups excluding carboxylic acids is 4. The fourth-order valence-electron chi connectivity index (χ4n) is 6.63. The average molecular weight is 737 g/mol. The average Bonchev–Trinajstić information content (AvgIpc) is 3.87. The number of ether oxygens (including phenoxy) is 2. The lowest BCUT2D eigenvalue weighted by molar-refractivity contribution is -0.116. The molecule has 6 rings (SSSR count). The summed E-state index contributed by atoms with van der Waals surface area (Å²) in [5, 5.41) is 12.0. The van der Waals surface area contributed by atoms with Crippen LogP contribution in [-0.4, -0.2) is 89.3 Å². The van der Waals surface area contributed by atoms with E-state index in [1.165, 1.54) is 7.11 Å². The van der Waals surface area contributed by atoms with Gasteiger partial charge >= 0.3 is 0 Å². The van der Waals surface area contributed by atoms with E-state index in [2.05, 4.69) is 40.1 Å². The van der Waals surface area contributed by atoms with Gasteiger partial charge in [0.05, 0.1) is 36.7 Å². The van der Waals surface area contributed by atoms with E-state index in [0.717, 1.165) is 24.0 Å². The lowest BCUT2D eigenvalue weighted by atomic mass is 10.1. The highest BCUT2D eigenvalue weighted by Crippen LogP contribution is 2.38. The minimum Gasteiger partial charge on any atom is -0.493 e. The van der Waals surface area contributed by atoms with Crippen molar-refractivity contribution in [1.82, 2.24) is 24.7 Å². The Kier molecular flexibility index (Phi) is 11.8. The highest BCUT2D eigenvalue weighted by Gasteiger charge is 2.32. The van der Waals surface area contributed by atoms with Gasteiger partial charge in [0, 0.05) is 82.1 Å². The van der Waals surface area contributed by atoms with Crippen LogP contribution in [0, 0.1) is 0 Å². The summed E-state index contributed by atoms with van der Waals surface area (Å²) in [5.41, 5.74) is 4.85. The second kappa shape index (κ2) is 16.8. The Morgan fingerprint density at radius 2 is 1.65 bits per heavy atom. The zero-order valence-electron chi connectivity index (χ0n) is 31.4. The Hall–Kier alpha value is -5.89. The number of nitrogens with zero attached hydrogens (tertiary/aromatic N) is 4. The van der Waals surface area contributed by atoms with Gasteiger partial charge in [0.2, 0.25) is 5.91 Å². The van der Waals surface area contributed by atoms with Gasteiger partial charge in [-0.15, -0.1) is 0 Å². The Balaban J connectivity index is 0.978. The van der Waals surface area contributed by atoms with E-state index in [1.807, 2.05) is 54.7 Å². The first kappa shape index (κ1) is 37.9. The van der Waals surface area contributed by atoms with E-state index in [0.29, 0.717) is 77.6 Å². The maximum atomic E-state index is 13.2. The summed E-state index contributed by atoms with van der Waals surface area (Å²) >= 11 is 0. The number of rotatable bonds is 15. The number of anilines is 2. The molecule has 1 saturated heterocycles. The van der Waals surface area contributed by atoms with E-state index >= 15 is 0 Å². The summed E-state index contributed by atoms with van der Waals surface area (Å²) in [7, 11) is 5.10. The molecule has 14 nitrogen and oxygen atoms in total. The number of carbonyl (C=O) groups is 4. The predicted octanol–water partition coefficient (Wildman–Crippen LogP) is 5.14. The lowest BCUT2D eigenvalue weighted by Gasteiger charge is -2.20. The normalized spacial score (nSPS) is 14.7. The Morgan fingerprint density at radius 3 is 2.41 bits per heavy atom. The molecule has 0 saturated carbocycles. The predicted molar refractivity (Wildman–Crippen MR) is 208 cm³/mol. The zero-order valence-corrected chi connectivity index (χ0v) is 31.4. The minimum absolute atomic E-state index is 0.00655. The number of nitrogens with one attached hydrogen (secondary N) is 4. The fourth-order valence-corrected chi connectivity index (χ4v) is 6.63. The standard InChI is InChI=1S/C40H48N8O6/c1-25(2)41-14-15-42-38(50)33-18-27(23-46(33)3)26-10-12-28(13-11-26)45-39(51)34-19-29(24-47(34)4)44-37(49)9-7-17-54-36-21-32-31(20-35(36)53-5)40(52)48-16-6-8-30(48)22-43-32/h10-13,18-25,30,41H,6-9,14-17H2,1-5H3,(H,42,50)(H,44,49)(H,45,51). The molecule has 14 heteroatoms. The molecule has 1 fully saturated rings. The van der Waals surface area contributed by atoms with Gasteiger partial charge in [0.25, 0.3) is 17.7 Å². The molecule has 2 aliphatic heterocycles. The zero-order chi connectivity index (χ0) is 38.4. The first-order valence-corrected chi connectivity index (χ1v) is 18.3. The molecule has 1 atom stereocenters. The maximum Gasteiger partial charge on any atom is 0.272 e. The van der Waals surface area contributed by atoms with Gasteiger partial charge in [0.15, 0.2) is 11.5 Å². The number of aryl methyl sites for hydroxylation is 2. The van der Waals surface area contributed by atoms with Crippen LogP contribution in [0.3, 0.4) is 0 Å². The van der Waals surface area contributed by atoms with Gasteiger partial charge in [-0.25, -0.2) is 0 Å². The smallest absolute Gasteiger partial charge is 0.272 e. The van der Waals surface area contributed by atoms with Gasteiger partial charge in [-0.3, -0.25) is 24.2 Å². The van der Waals surface area contributed by atoms with Crippen LogP contribution in [0.25, 0.3) is 11.1 Å². The van der Waals surface area contributed by atoms with Crippen LogP contribution in [-0.2, 0) is 18.9 Å². The third-order valence-electron chi connectivity index (χ3n) is 9.46. The molecule has 0 bridgehead atoms. The molecule has 0 radical (unpaired) electrons.